The minimum absolute atomic E-state index is 0.166. The Morgan fingerprint density at radius 2 is 1.97 bits per heavy atom. The Morgan fingerprint density at radius 3 is 2.72 bits per heavy atom. The molecule has 5 nitrogen and oxygen atoms in total. The van der Waals surface area contributed by atoms with E-state index in [1.54, 1.807) is 6.07 Å². The van der Waals surface area contributed by atoms with Crippen molar-refractivity contribution in [3.05, 3.63) is 57.0 Å². The van der Waals surface area contributed by atoms with E-state index in [1.165, 1.54) is 5.69 Å². The van der Waals surface area contributed by atoms with Crippen LogP contribution in [0.25, 0.3) is 6.20 Å². The van der Waals surface area contributed by atoms with Gasteiger partial charge in [0.15, 0.2) is 0 Å². The Bertz CT molecular complexity index is 1050. The van der Waals surface area contributed by atoms with Gasteiger partial charge in [-0.05, 0) is 43.2 Å². The molecule has 3 aliphatic heterocycles. The minimum Gasteiger partial charge on any atom is -0.379 e. The van der Waals surface area contributed by atoms with E-state index in [2.05, 4.69) is 29.3 Å². The lowest BCUT2D eigenvalue weighted by Crippen LogP contribution is -2.49. The molecule has 0 amide bonds. The molecule has 7 heteroatoms. The van der Waals surface area contributed by atoms with E-state index in [9.17, 15) is 0 Å². The van der Waals surface area contributed by atoms with Crippen molar-refractivity contribution >= 4 is 40.8 Å². The lowest BCUT2D eigenvalue weighted by molar-refractivity contribution is 0.132. The van der Waals surface area contributed by atoms with Gasteiger partial charge in [-0.15, -0.1) is 0 Å². The fraction of sp³-hybridized carbons (Fsp3) is 0.409. The molecule has 2 aromatic carbocycles. The maximum Gasteiger partial charge on any atom is 0.115 e. The van der Waals surface area contributed by atoms with Gasteiger partial charge < -0.3 is 20.3 Å². The van der Waals surface area contributed by atoms with Crippen molar-refractivity contribution in [3.63, 3.8) is 0 Å². The highest BCUT2D eigenvalue weighted by atomic mass is 35.5. The number of piperidine rings is 1. The molecule has 0 aromatic heterocycles. The van der Waals surface area contributed by atoms with Crippen molar-refractivity contribution in [3.8, 4) is 0 Å². The Morgan fingerprint density at radius 1 is 1.14 bits per heavy atom. The van der Waals surface area contributed by atoms with Crippen LogP contribution >= 0.6 is 23.2 Å². The topological polar surface area (TPSA) is 54.1 Å². The second-order valence-corrected chi connectivity index (χ2v) is 8.97. The Kier molecular flexibility index (Phi) is 4.95. The Labute approximate surface area is 180 Å². The van der Waals surface area contributed by atoms with E-state index in [4.69, 9.17) is 38.7 Å². The number of ether oxygens (including phenoxy) is 1. The molecule has 2 saturated heterocycles. The number of fused-ring (bicyclic) bond motifs is 1. The lowest BCUT2D eigenvalue weighted by atomic mass is 9.75. The van der Waals surface area contributed by atoms with E-state index in [1.807, 2.05) is 17.0 Å². The molecular formula is C22H24Cl2N4O. The normalized spacial score (nSPS) is 22.9. The number of benzene rings is 2. The zero-order chi connectivity index (χ0) is 20.0. The molecule has 5 rings (SSSR count). The first kappa shape index (κ1) is 19.2. The maximum atomic E-state index is 6.38. The third-order valence-electron chi connectivity index (χ3n) is 6.54. The molecule has 152 valence electrons. The molecule has 0 radical (unpaired) electrons. The monoisotopic (exact) mass is 430 g/mol. The van der Waals surface area contributed by atoms with Crippen LogP contribution in [-0.2, 0) is 4.74 Å². The predicted molar refractivity (Wildman–Crippen MR) is 118 cm³/mol. The van der Waals surface area contributed by atoms with Gasteiger partial charge in [0, 0.05) is 41.7 Å². The van der Waals surface area contributed by atoms with E-state index in [0.717, 1.165) is 48.8 Å². The molecular weight excluding hydrogens is 407 g/mol. The molecule has 2 N–H and O–H groups in total. The van der Waals surface area contributed by atoms with Gasteiger partial charge in [-0.25, -0.2) is 0 Å². The average Bonchev–Trinajstić information content (AvgIpc) is 3.09. The van der Waals surface area contributed by atoms with Crippen molar-refractivity contribution in [2.24, 2.45) is 16.1 Å². The lowest BCUT2D eigenvalue weighted by Gasteiger charge is -2.41. The van der Waals surface area contributed by atoms with Crippen molar-refractivity contribution in [1.82, 2.24) is 0 Å². The van der Waals surface area contributed by atoms with Gasteiger partial charge in [-0.1, -0.05) is 29.3 Å². The highest BCUT2D eigenvalue weighted by Gasteiger charge is 2.44. The maximum absolute atomic E-state index is 6.38. The second kappa shape index (κ2) is 7.47. The first-order chi connectivity index (χ1) is 14.1. The number of anilines is 2. The van der Waals surface area contributed by atoms with Crippen LogP contribution in [0.15, 0.2) is 41.4 Å². The molecule has 29 heavy (non-hydrogen) atoms. The second-order valence-electron chi connectivity index (χ2n) is 8.19. The van der Waals surface area contributed by atoms with Crippen LogP contribution in [0.2, 0.25) is 10.0 Å². The highest BCUT2D eigenvalue weighted by Crippen LogP contribution is 2.39. The first-order valence-electron chi connectivity index (χ1n) is 10.0. The summed E-state index contributed by atoms with van der Waals surface area (Å²) < 4.78 is 5.64. The fourth-order valence-corrected chi connectivity index (χ4v) is 5.00. The first-order valence-corrected chi connectivity index (χ1v) is 10.8. The smallest absolute Gasteiger partial charge is 0.115 e. The summed E-state index contributed by atoms with van der Waals surface area (Å²) >= 11 is 12.6. The summed E-state index contributed by atoms with van der Waals surface area (Å²) in [5.74, 6) is 0. The SMILES string of the molecule is N[C@@H]1COCC12CCN(c1ccc3c(c1)=NCN(c1cccc(Cl)c1Cl)C=3)CC2. The minimum atomic E-state index is 0.166. The number of rotatable bonds is 2. The summed E-state index contributed by atoms with van der Waals surface area (Å²) in [6, 6.07) is 12.3. The van der Waals surface area contributed by atoms with E-state index < -0.39 is 0 Å². The fourth-order valence-electron chi connectivity index (χ4n) is 4.59. The van der Waals surface area contributed by atoms with Crippen LogP contribution in [0.3, 0.4) is 0 Å². The van der Waals surface area contributed by atoms with Crippen LogP contribution in [0.1, 0.15) is 12.8 Å². The van der Waals surface area contributed by atoms with Gasteiger partial charge >= 0.3 is 0 Å². The van der Waals surface area contributed by atoms with Crippen molar-refractivity contribution in [1.29, 1.82) is 0 Å². The molecule has 2 aromatic rings. The highest BCUT2D eigenvalue weighted by molar-refractivity contribution is 6.43. The van der Waals surface area contributed by atoms with Gasteiger partial charge in [0.2, 0.25) is 0 Å². The van der Waals surface area contributed by atoms with E-state index in [-0.39, 0.29) is 11.5 Å². The molecule has 0 unspecified atom stereocenters. The molecule has 3 aliphatic rings. The summed E-state index contributed by atoms with van der Waals surface area (Å²) in [6.45, 7) is 4.03. The van der Waals surface area contributed by atoms with Gasteiger partial charge in [-0.3, -0.25) is 4.99 Å². The standard InChI is InChI=1S/C22H24Cl2N4O/c23-17-2-1-3-19(21(17)24)28-11-15-4-5-16(10-18(15)26-14-28)27-8-6-22(7-9-27)13-29-12-20(22)25/h1-5,10-11,20H,6-9,12-14,25H2/t20-/m1/s1. The molecule has 2 fully saturated rings. The molecule has 0 saturated carbocycles. The van der Waals surface area contributed by atoms with Crippen molar-refractivity contribution in [2.45, 2.75) is 18.9 Å². The van der Waals surface area contributed by atoms with Crippen LogP contribution in [0, 0.1) is 5.41 Å². The van der Waals surface area contributed by atoms with Gasteiger partial charge in [0.1, 0.15) is 6.67 Å². The largest absolute Gasteiger partial charge is 0.379 e. The van der Waals surface area contributed by atoms with Crippen LogP contribution < -0.4 is 26.1 Å². The van der Waals surface area contributed by atoms with E-state index in [0.29, 0.717) is 23.3 Å². The van der Waals surface area contributed by atoms with Crippen LogP contribution in [0.4, 0.5) is 11.4 Å². The molecule has 0 aliphatic carbocycles. The Hall–Kier alpha value is -1.79. The Balaban J connectivity index is 1.37. The van der Waals surface area contributed by atoms with Gasteiger partial charge in [0.05, 0.1) is 34.3 Å². The average molecular weight is 431 g/mol. The third-order valence-corrected chi connectivity index (χ3v) is 7.35. The molecule has 1 spiro atoms. The number of hydrogen-bond donors (Lipinski definition) is 1. The zero-order valence-corrected chi connectivity index (χ0v) is 17.7. The predicted octanol–water partition coefficient (Wildman–Crippen LogP) is 2.77. The third kappa shape index (κ3) is 3.40. The summed E-state index contributed by atoms with van der Waals surface area (Å²) in [4.78, 5) is 9.25. The summed E-state index contributed by atoms with van der Waals surface area (Å²) in [7, 11) is 0. The summed E-state index contributed by atoms with van der Waals surface area (Å²) in [6.07, 6.45) is 4.24. The van der Waals surface area contributed by atoms with Crippen molar-refractivity contribution < 1.29 is 4.74 Å². The van der Waals surface area contributed by atoms with Crippen LogP contribution in [-0.4, -0.2) is 39.0 Å². The summed E-state index contributed by atoms with van der Waals surface area (Å²) in [5, 5.41) is 3.19. The van der Waals surface area contributed by atoms with Crippen LogP contribution in [0.5, 0.6) is 0 Å². The molecule has 0 bridgehead atoms. The number of halogens is 2. The number of nitrogens with zero attached hydrogens (tertiary/aromatic N) is 3. The van der Waals surface area contributed by atoms with E-state index >= 15 is 0 Å². The van der Waals surface area contributed by atoms with Crippen molar-refractivity contribution in [2.75, 3.05) is 42.8 Å². The molecule has 3 heterocycles. The molecule has 1 atom stereocenters. The number of nitrogens with two attached hydrogens (primary N) is 1. The van der Waals surface area contributed by atoms with Gasteiger partial charge in [-0.2, -0.15) is 0 Å². The number of hydrogen-bond acceptors (Lipinski definition) is 5. The quantitative estimate of drug-likeness (QED) is 0.795. The zero-order valence-electron chi connectivity index (χ0n) is 16.2. The van der Waals surface area contributed by atoms with Gasteiger partial charge in [0.25, 0.3) is 0 Å². The summed E-state index contributed by atoms with van der Waals surface area (Å²) in [5.41, 5.74) is 8.57.